The van der Waals surface area contributed by atoms with Gasteiger partial charge in [0.2, 0.25) is 0 Å². The van der Waals surface area contributed by atoms with E-state index >= 15 is 0 Å². The molecule has 0 aliphatic heterocycles. The van der Waals surface area contributed by atoms with Crippen LogP contribution in [0.5, 0.6) is 0 Å². The van der Waals surface area contributed by atoms with Gasteiger partial charge in [0, 0.05) is 39.4 Å². The Labute approximate surface area is 196 Å². The summed E-state index contributed by atoms with van der Waals surface area (Å²) in [4.78, 5) is 8.88. The van der Waals surface area contributed by atoms with Gasteiger partial charge in [0.25, 0.3) is 0 Å². The number of rotatable bonds is 1. The van der Waals surface area contributed by atoms with Crippen molar-refractivity contribution in [1.29, 1.82) is 0 Å². The largest absolute Gasteiger partial charge is 0.305 e. The van der Waals surface area contributed by atoms with E-state index in [4.69, 9.17) is 0 Å². The first kappa shape index (κ1) is 18.2. The van der Waals surface area contributed by atoms with Crippen molar-refractivity contribution in [3.05, 3.63) is 103 Å². The first-order valence-electron chi connectivity index (χ1n) is 11.8. The molecule has 0 atom stereocenters. The first-order valence-corrected chi connectivity index (χ1v) is 11.8. The van der Waals surface area contributed by atoms with E-state index in [1.54, 1.807) is 0 Å². The Balaban J connectivity index is 1.55. The molecule has 0 fully saturated rings. The minimum Gasteiger partial charge on any atom is -0.305 e. The van der Waals surface area contributed by atoms with Gasteiger partial charge in [-0.25, -0.2) is 0 Å². The van der Waals surface area contributed by atoms with Crippen molar-refractivity contribution in [1.82, 2.24) is 14.4 Å². The highest BCUT2D eigenvalue weighted by atomic mass is 14.9. The molecule has 0 spiro atoms. The molecule has 8 rings (SSSR count). The fourth-order valence-corrected chi connectivity index (χ4v) is 6.39. The highest BCUT2D eigenvalue weighted by Gasteiger charge is 2.36. The Morgan fingerprint density at radius 1 is 0.647 bits per heavy atom. The van der Waals surface area contributed by atoms with Crippen molar-refractivity contribution in [2.75, 3.05) is 0 Å². The van der Waals surface area contributed by atoms with Crippen LogP contribution in [-0.4, -0.2) is 14.4 Å². The molecule has 1 aliphatic rings. The number of benzene rings is 3. The van der Waals surface area contributed by atoms with Gasteiger partial charge in [-0.1, -0.05) is 56.3 Å². The van der Waals surface area contributed by atoms with Gasteiger partial charge in [-0.2, -0.15) is 0 Å². The Hall–Kier alpha value is -4.24. The average Bonchev–Trinajstić information content (AvgIpc) is 3.47. The lowest BCUT2D eigenvalue weighted by Gasteiger charge is -2.21. The minimum atomic E-state index is -0.0111. The Morgan fingerprint density at radius 3 is 1.97 bits per heavy atom. The fraction of sp³-hybridized carbons (Fsp3) is 0.0968. The molecule has 3 heteroatoms. The number of pyridine rings is 2. The summed E-state index contributed by atoms with van der Waals surface area (Å²) in [6.07, 6.45) is 7.73. The summed E-state index contributed by atoms with van der Waals surface area (Å²) in [5.41, 5.74) is 11.6. The van der Waals surface area contributed by atoms with Crippen molar-refractivity contribution in [3.8, 4) is 22.3 Å². The zero-order valence-electron chi connectivity index (χ0n) is 19.0. The number of hydrogen-bond donors (Lipinski definition) is 0. The molecule has 0 unspecified atom stereocenters. The van der Waals surface area contributed by atoms with Gasteiger partial charge in [-0.15, -0.1) is 0 Å². The number of hydrogen-bond acceptors (Lipinski definition) is 2. The molecule has 0 saturated heterocycles. The molecule has 3 aromatic carbocycles. The fourth-order valence-electron chi connectivity index (χ4n) is 6.39. The van der Waals surface area contributed by atoms with Gasteiger partial charge in [0.15, 0.2) is 0 Å². The summed E-state index contributed by atoms with van der Waals surface area (Å²) < 4.78 is 2.33. The smallest absolute Gasteiger partial charge is 0.0725 e. The first-order chi connectivity index (χ1) is 16.6. The molecule has 4 heterocycles. The molecular formula is C31H21N3. The predicted molar refractivity (Wildman–Crippen MR) is 140 cm³/mol. The maximum absolute atomic E-state index is 4.44. The van der Waals surface area contributed by atoms with E-state index in [-0.39, 0.29) is 5.41 Å². The molecule has 0 bridgehead atoms. The van der Waals surface area contributed by atoms with Crippen molar-refractivity contribution in [3.63, 3.8) is 0 Å². The van der Waals surface area contributed by atoms with Crippen LogP contribution >= 0.6 is 0 Å². The summed E-state index contributed by atoms with van der Waals surface area (Å²) in [6.45, 7) is 4.68. The number of aromatic nitrogens is 3. The van der Waals surface area contributed by atoms with Gasteiger partial charge in [-0.3, -0.25) is 9.97 Å². The van der Waals surface area contributed by atoms with Crippen molar-refractivity contribution >= 4 is 38.1 Å². The van der Waals surface area contributed by atoms with Crippen LogP contribution in [0, 0.1) is 0 Å². The van der Waals surface area contributed by atoms with Crippen LogP contribution in [-0.2, 0) is 5.41 Å². The van der Waals surface area contributed by atoms with Crippen molar-refractivity contribution in [2.24, 2.45) is 0 Å². The molecule has 3 nitrogen and oxygen atoms in total. The van der Waals surface area contributed by atoms with E-state index in [1.807, 2.05) is 24.8 Å². The monoisotopic (exact) mass is 435 g/mol. The molecule has 0 radical (unpaired) electrons. The average molecular weight is 436 g/mol. The number of nitrogens with zero attached hydrogens (tertiary/aromatic N) is 3. The molecule has 0 amide bonds. The molecule has 4 aromatic heterocycles. The second-order valence-electron chi connectivity index (χ2n) is 9.94. The maximum Gasteiger partial charge on any atom is 0.0725 e. The standard InChI is InChI=1S/C31H21N3/c1-31(2)25-8-4-3-6-22(25)29-19(7-5-9-26(29)31)18-14-23-20-10-12-32-16-27(20)34-28-17-33-13-11-21(28)24(15-18)30(23)34/h3-17H,1-2H3. The normalized spacial score (nSPS) is 14.4. The summed E-state index contributed by atoms with van der Waals surface area (Å²) in [5, 5.41) is 5.00. The Bertz CT molecular complexity index is 1860. The predicted octanol–water partition coefficient (Wildman–Crippen LogP) is 7.60. The van der Waals surface area contributed by atoms with Crippen LogP contribution in [0.15, 0.2) is 91.5 Å². The van der Waals surface area contributed by atoms with Crippen molar-refractivity contribution in [2.45, 2.75) is 19.3 Å². The lowest BCUT2D eigenvalue weighted by Crippen LogP contribution is -2.14. The van der Waals surface area contributed by atoms with Gasteiger partial charge in [-0.05, 0) is 57.6 Å². The van der Waals surface area contributed by atoms with Crippen LogP contribution in [0.3, 0.4) is 0 Å². The third-order valence-electron chi connectivity index (χ3n) is 7.91. The Morgan fingerprint density at radius 2 is 1.26 bits per heavy atom. The second kappa shape index (κ2) is 6.00. The molecule has 7 aromatic rings. The van der Waals surface area contributed by atoms with E-state index in [0.717, 1.165) is 11.0 Å². The number of fused-ring (bicyclic) bond motifs is 9. The van der Waals surface area contributed by atoms with Gasteiger partial charge in [0.1, 0.15) is 0 Å². The maximum atomic E-state index is 4.44. The van der Waals surface area contributed by atoms with E-state index in [2.05, 4.69) is 94.9 Å². The molecule has 0 saturated carbocycles. The topological polar surface area (TPSA) is 30.2 Å². The third kappa shape index (κ3) is 2.04. The van der Waals surface area contributed by atoms with Crippen LogP contribution < -0.4 is 0 Å². The summed E-state index contributed by atoms with van der Waals surface area (Å²) >= 11 is 0. The minimum absolute atomic E-state index is 0.0111. The van der Waals surface area contributed by atoms with Crippen molar-refractivity contribution < 1.29 is 0 Å². The lowest BCUT2D eigenvalue weighted by molar-refractivity contribution is 0.660. The zero-order valence-corrected chi connectivity index (χ0v) is 19.0. The quantitative estimate of drug-likeness (QED) is 0.266. The molecular weight excluding hydrogens is 414 g/mol. The lowest BCUT2D eigenvalue weighted by atomic mass is 9.82. The molecule has 34 heavy (non-hydrogen) atoms. The van der Waals surface area contributed by atoms with Gasteiger partial charge < -0.3 is 4.40 Å². The molecule has 160 valence electrons. The van der Waals surface area contributed by atoms with E-state index in [9.17, 15) is 0 Å². The summed E-state index contributed by atoms with van der Waals surface area (Å²) in [6, 6.07) is 24.7. The SMILES string of the molecule is CC1(C)c2ccccc2-c2c(-c3cc4c5ccncc5n5c6cnccc6c(c3)c45)cccc21. The van der Waals surface area contributed by atoms with Gasteiger partial charge >= 0.3 is 0 Å². The van der Waals surface area contributed by atoms with Crippen LogP contribution in [0.2, 0.25) is 0 Å². The highest BCUT2D eigenvalue weighted by molar-refractivity contribution is 6.24. The zero-order chi connectivity index (χ0) is 22.6. The van der Waals surface area contributed by atoms with Gasteiger partial charge in [0.05, 0.1) is 28.9 Å². The van der Waals surface area contributed by atoms with E-state index in [0.29, 0.717) is 0 Å². The Kier molecular flexibility index (Phi) is 3.22. The van der Waals surface area contributed by atoms with E-state index < -0.39 is 0 Å². The molecule has 0 N–H and O–H groups in total. The third-order valence-corrected chi connectivity index (χ3v) is 7.91. The highest BCUT2D eigenvalue weighted by Crippen LogP contribution is 2.52. The summed E-state index contributed by atoms with van der Waals surface area (Å²) in [7, 11) is 0. The summed E-state index contributed by atoms with van der Waals surface area (Å²) in [5.74, 6) is 0. The van der Waals surface area contributed by atoms with Crippen LogP contribution in [0.4, 0.5) is 0 Å². The van der Waals surface area contributed by atoms with E-state index in [1.165, 1.54) is 60.4 Å². The molecule has 1 aliphatic carbocycles. The second-order valence-corrected chi connectivity index (χ2v) is 9.94. The van der Waals surface area contributed by atoms with Crippen LogP contribution in [0.1, 0.15) is 25.0 Å². The van der Waals surface area contributed by atoms with Crippen LogP contribution in [0.25, 0.3) is 60.3 Å².